The number of nitrogens with zero attached hydrogens (tertiary/aromatic N) is 1. The van der Waals surface area contributed by atoms with Gasteiger partial charge in [0.15, 0.2) is 0 Å². The molecule has 19 heavy (non-hydrogen) atoms. The Labute approximate surface area is 114 Å². The standard InChI is InChI=1S/C11H16N2O5S/c1-7-10(11(15)16)19-9(13-7)5-12-8(14)6-18-4-3-17-2/h3-6H2,1-2H3,(H,12,14)(H,15,16). The number of carbonyl (C=O) groups is 2. The van der Waals surface area contributed by atoms with E-state index in [9.17, 15) is 9.59 Å². The normalized spacial score (nSPS) is 10.4. The van der Waals surface area contributed by atoms with E-state index in [4.69, 9.17) is 14.6 Å². The number of ether oxygens (including phenoxy) is 2. The molecule has 1 aromatic rings. The van der Waals surface area contributed by atoms with Gasteiger partial charge in [0.25, 0.3) is 0 Å². The van der Waals surface area contributed by atoms with Crippen LogP contribution in [0.4, 0.5) is 0 Å². The summed E-state index contributed by atoms with van der Waals surface area (Å²) in [6.45, 7) is 2.55. The number of carbonyl (C=O) groups excluding carboxylic acids is 1. The number of aromatic carboxylic acids is 1. The Balaban J connectivity index is 2.34. The number of aromatic nitrogens is 1. The zero-order valence-corrected chi connectivity index (χ0v) is 11.6. The first-order valence-electron chi connectivity index (χ1n) is 5.57. The summed E-state index contributed by atoms with van der Waals surface area (Å²) in [6, 6.07) is 0. The van der Waals surface area contributed by atoms with Crippen molar-refractivity contribution in [1.29, 1.82) is 0 Å². The Hall–Kier alpha value is -1.51. The molecule has 1 amide bonds. The number of methoxy groups -OCH3 is 1. The van der Waals surface area contributed by atoms with Gasteiger partial charge in [0.1, 0.15) is 16.5 Å². The molecular weight excluding hydrogens is 272 g/mol. The molecule has 1 aromatic heterocycles. The van der Waals surface area contributed by atoms with Gasteiger partial charge in [-0.25, -0.2) is 9.78 Å². The fraction of sp³-hybridized carbons (Fsp3) is 0.545. The van der Waals surface area contributed by atoms with Crippen LogP contribution in [0.25, 0.3) is 0 Å². The van der Waals surface area contributed by atoms with Gasteiger partial charge in [-0.2, -0.15) is 0 Å². The molecule has 0 saturated heterocycles. The second kappa shape index (κ2) is 7.82. The van der Waals surface area contributed by atoms with E-state index in [0.29, 0.717) is 23.9 Å². The largest absolute Gasteiger partial charge is 0.477 e. The minimum absolute atomic E-state index is 0.0560. The maximum Gasteiger partial charge on any atom is 0.347 e. The van der Waals surface area contributed by atoms with E-state index in [1.807, 2.05) is 0 Å². The van der Waals surface area contributed by atoms with Gasteiger partial charge in [0, 0.05) is 7.11 Å². The lowest BCUT2D eigenvalue weighted by molar-refractivity contribution is -0.126. The predicted molar refractivity (Wildman–Crippen MR) is 68.4 cm³/mol. The molecule has 0 radical (unpaired) electrons. The number of amides is 1. The highest BCUT2D eigenvalue weighted by molar-refractivity contribution is 7.13. The zero-order chi connectivity index (χ0) is 14.3. The lowest BCUT2D eigenvalue weighted by Crippen LogP contribution is -2.27. The molecule has 0 saturated carbocycles. The van der Waals surface area contributed by atoms with Crippen LogP contribution in [0.5, 0.6) is 0 Å². The molecular formula is C11H16N2O5S. The van der Waals surface area contributed by atoms with Crippen LogP contribution >= 0.6 is 11.3 Å². The summed E-state index contributed by atoms with van der Waals surface area (Å²) in [5.41, 5.74) is 0.457. The maximum absolute atomic E-state index is 11.4. The summed E-state index contributed by atoms with van der Waals surface area (Å²) in [6.07, 6.45) is 0. The summed E-state index contributed by atoms with van der Waals surface area (Å²) in [7, 11) is 1.55. The Bertz CT molecular complexity index is 446. The molecule has 8 heteroatoms. The van der Waals surface area contributed by atoms with Crippen molar-refractivity contribution < 1.29 is 24.2 Å². The summed E-state index contributed by atoms with van der Waals surface area (Å²) in [5, 5.41) is 12.0. The summed E-state index contributed by atoms with van der Waals surface area (Å²) in [4.78, 5) is 26.5. The van der Waals surface area contributed by atoms with Crippen LogP contribution in [0.15, 0.2) is 0 Å². The lowest BCUT2D eigenvalue weighted by atomic mass is 10.4. The van der Waals surface area contributed by atoms with Crippen molar-refractivity contribution in [3.8, 4) is 0 Å². The Morgan fingerprint density at radius 3 is 2.74 bits per heavy atom. The van der Waals surface area contributed by atoms with Crippen LogP contribution in [0.2, 0.25) is 0 Å². The van der Waals surface area contributed by atoms with Gasteiger partial charge < -0.3 is 19.9 Å². The van der Waals surface area contributed by atoms with Gasteiger partial charge >= 0.3 is 5.97 Å². The van der Waals surface area contributed by atoms with Crippen LogP contribution in [0.3, 0.4) is 0 Å². The van der Waals surface area contributed by atoms with Crippen molar-refractivity contribution in [3.05, 3.63) is 15.6 Å². The SMILES string of the molecule is COCCOCC(=O)NCc1nc(C)c(C(=O)O)s1. The molecule has 0 fully saturated rings. The van der Waals surface area contributed by atoms with E-state index < -0.39 is 5.97 Å². The smallest absolute Gasteiger partial charge is 0.347 e. The fourth-order valence-corrected chi connectivity index (χ4v) is 2.10. The Morgan fingerprint density at radius 2 is 2.16 bits per heavy atom. The highest BCUT2D eigenvalue weighted by Gasteiger charge is 2.14. The van der Waals surface area contributed by atoms with Crippen molar-refractivity contribution in [2.45, 2.75) is 13.5 Å². The third-order valence-corrected chi connectivity index (χ3v) is 3.28. The first-order valence-corrected chi connectivity index (χ1v) is 6.39. The molecule has 0 bridgehead atoms. The number of hydrogen-bond donors (Lipinski definition) is 2. The topological polar surface area (TPSA) is 97.8 Å². The number of thiazole rings is 1. The summed E-state index contributed by atoms with van der Waals surface area (Å²) in [5.74, 6) is -1.28. The molecule has 2 N–H and O–H groups in total. The van der Waals surface area contributed by atoms with Gasteiger partial charge in [-0.05, 0) is 6.92 Å². The number of rotatable bonds is 8. The highest BCUT2D eigenvalue weighted by Crippen LogP contribution is 2.17. The van der Waals surface area contributed by atoms with E-state index in [2.05, 4.69) is 10.3 Å². The summed E-state index contributed by atoms with van der Waals surface area (Å²) >= 11 is 1.06. The van der Waals surface area contributed by atoms with Crippen molar-refractivity contribution >= 4 is 23.2 Å². The van der Waals surface area contributed by atoms with E-state index >= 15 is 0 Å². The fourth-order valence-electron chi connectivity index (χ4n) is 1.26. The number of nitrogens with one attached hydrogen (secondary N) is 1. The molecule has 0 spiro atoms. The number of carboxylic acids is 1. The second-order valence-corrected chi connectivity index (χ2v) is 4.73. The summed E-state index contributed by atoms with van der Waals surface area (Å²) < 4.78 is 9.81. The molecule has 0 aliphatic heterocycles. The van der Waals surface area contributed by atoms with E-state index in [0.717, 1.165) is 11.3 Å². The number of carboxylic acid groups (broad SMARTS) is 1. The molecule has 106 valence electrons. The third-order valence-electron chi connectivity index (χ3n) is 2.14. The van der Waals surface area contributed by atoms with E-state index in [1.54, 1.807) is 14.0 Å². The van der Waals surface area contributed by atoms with Gasteiger partial charge in [-0.15, -0.1) is 11.3 Å². The minimum atomic E-state index is -1.00. The highest BCUT2D eigenvalue weighted by atomic mass is 32.1. The Morgan fingerprint density at radius 1 is 1.42 bits per heavy atom. The lowest BCUT2D eigenvalue weighted by Gasteiger charge is -2.04. The zero-order valence-electron chi connectivity index (χ0n) is 10.8. The van der Waals surface area contributed by atoms with Crippen molar-refractivity contribution in [3.63, 3.8) is 0 Å². The van der Waals surface area contributed by atoms with Crippen molar-refractivity contribution in [2.24, 2.45) is 0 Å². The number of hydrogen-bond acceptors (Lipinski definition) is 6. The second-order valence-electron chi connectivity index (χ2n) is 3.65. The van der Waals surface area contributed by atoms with Gasteiger partial charge in [0.05, 0.1) is 25.5 Å². The minimum Gasteiger partial charge on any atom is -0.477 e. The monoisotopic (exact) mass is 288 g/mol. The first-order chi connectivity index (χ1) is 9.04. The molecule has 0 aliphatic rings. The molecule has 1 rings (SSSR count). The van der Waals surface area contributed by atoms with Crippen LogP contribution in [0.1, 0.15) is 20.4 Å². The molecule has 1 heterocycles. The number of aryl methyl sites for hydroxylation is 1. The molecule has 0 aliphatic carbocycles. The maximum atomic E-state index is 11.4. The van der Waals surface area contributed by atoms with Gasteiger partial charge in [-0.3, -0.25) is 4.79 Å². The van der Waals surface area contributed by atoms with Crippen LogP contribution in [-0.2, 0) is 20.8 Å². The van der Waals surface area contributed by atoms with Crippen molar-refractivity contribution in [1.82, 2.24) is 10.3 Å². The average Bonchev–Trinajstić information content (AvgIpc) is 2.74. The molecule has 7 nitrogen and oxygen atoms in total. The molecule has 0 atom stereocenters. The third kappa shape index (κ3) is 5.33. The van der Waals surface area contributed by atoms with E-state index in [1.165, 1.54) is 0 Å². The average molecular weight is 288 g/mol. The van der Waals surface area contributed by atoms with Crippen LogP contribution in [-0.4, -0.2) is 48.9 Å². The quantitative estimate of drug-likeness (QED) is 0.673. The van der Waals surface area contributed by atoms with Crippen LogP contribution in [0, 0.1) is 6.92 Å². The molecule has 0 aromatic carbocycles. The predicted octanol–water partition coefficient (Wildman–Crippen LogP) is 0.429. The molecule has 0 unspecified atom stereocenters. The Kier molecular flexibility index (Phi) is 6.40. The first kappa shape index (κ1) is 15.5. The van der Waals surface area contributed by atoms with Crippen molar-refractivity contribution in [2.75, 3.05) is 26.9 Å². The van der Waals surface area contributed by atoms with Gasteiger partial charge in [0.2, 0.25) is 5.91 Å². The van der Waals surface area contributed by atoms with Crippen LogP contribution < -0.4 is 5.32 Å². The van der Waals surface area contributed by atoms with E-state index in [-0.39, 0.29) is 23.9 Å². The van der Waals surface area contributed by atoms with Gasteiger partial charge in [-0.1, -0.05) is 0 Å².